The van der Waals surface area contributed by atoms with Gasteiger partial charge in [0.2, 0.25) is 0 Å². The van der Waals surface area contributed by atoms with Crippen LogP contribution < -0.4 is 4.74 Å². The Labute approximate surface area is 170 Å². The van der Waals surface area contributed by atoms with Crippen LogP contribution in [0.15, 0.2) is 30.5 Å². The highest BCUT2D eigenvalue weighted by molar-refractivity contribution is 5.83. The van der Waals surface area contributed by atoms with Gasteiger partial charge in [0.05, 0.1) is 18.7 Å². The van der Waals surface area contributed by atoms with E-state index in [1.807, 2.05) is 24.3 Å². The van der Waals surface area contributed by atoms with Gasteiger partial charge in [-0.25, -0.2) is 0 Å². The summed E-state index contributed by atoms with van der Waals surface area (Å²) in [6.07, 6.45) is 11.3. The molecule has 0 aliphatic heterocycles. The molecule has 1 aromatic heterocycles. The molecule has 0 fully saturated rings. The SMILES string of the molecule is CCCCCCN(CCCCCC)C[C@H](O)c1ccnc2ccc(OC)cc12. The molecule has 4 heteroatoms. The van der Waals surface area contributed by atoms with Crippen LogP contribution in [0.5, 0.6) is 5.75 Å². The van der Waals surface area contributed by atoms with Crippen molar-refractivity contribution in [2.24, 2.45) is 0 Å². The van der Waals surface area contributed by atoms with Gasteiger partial charge in [-0.1, -0.05) is 52.4 Å². The standard InChI is InChI=1S/C24H38N2O2/c1-4-6-8-10-16-26(17-11-9-7-5-2)19-24(27)21-14-15-25-23-13-12-20(28-3)18-22(21)23/h12-15,18,24,27H,4-11,16-17,19H2,1-3H3/t24-/m0/s1. The maximum absolute atomic E-state index is 11.0. The van der Waals surface area contributed by atoms with Crippen LogP contribution >= 0.6 is 0 Å². The predicted octanol–water partition coefficient (Wildman–Crippen LogP) is 5.74. The molecule has 4 nitrogen and oxygen atoms in total. The third-order valence-electron chi connectivity index (χ3n) is 5.43. The summed E-state index contributed by atoms with van der Waals surface area (Å²) >= 11 is 0. The molecule has 1 N–H and O–H groups in total. The van der Waals surface area contributed by atoms with Gasteiger partial charge >= 0.3 is 0 Å². The van der Waals surface area contributed by atoms with E-state index in [2.05, 4.69) is 23.7 Å². The van der Waals surface area contributed by atoms with E-state index in [0.29, 0.717) is 6.54 Å². The molecule has 1 atom stereocenters. The summed E-state index contributed by atoms with van der Waals surface area (Å²) in [5.74, 6) is 0.796. The number of nitrogens with zero attached hydrogens (tertiary/aromatic N) is 2. The second-order valence-corrected chi connectivity index (χ2v) is 7.72. The summed E-state index contributed by atoms with van der Waals surface area (Å²) in [5.41, 5.74) is 1.84. The normalized spacial score (nSPS) is 12.6. The van der Waals surface area contributed by atoms with Crippen LogP contribution in [0.3, 0.4) is 0 Å². The lowest BCUT2D eigenvalue weighted by Gasteiger charge is -2.26. The van der Waals surface area contributed by atoms with Crippen molar-refractivity contribution in [2.45, 2.75) is 71.3 Å². The Morgan fingerprint density at radius 3 is 2.25 bits per heavy atom. The number of aliphatic hydroxyl groups excluding tert-OH is 1. The molecule has 0 aliphatic carbocycles. The molecule has 0 bridgehead atoms. The van der Waals surface area contributed by atoms with Gasteiger partial charge in [0.15, 0.2) is 0 Å². The Hall–Kier alpha value is -1.65. The van der Waals surface area contributed by atoms with E-state index in [4.69, 9.17) is 4.74 Å². The number of methoxy groups -OCH3 is 1. The van der Waals surface area contributed by atoms with E-state index < -0.39 is 6.10 Å². The van der Waals surface area contributed by atoms with Crippen molar-refractivity contribution in [1.82, 2.24) is 9.88 Å². The second kappa shape index (κ2) is 12.7. The number of aliphatic hydroxyl groups is 1. The molecule has 2 rings (SSSR count). The fourth-order valence-corrected chi connectivity index (χ4v) is 3.73. The molecule has 156 valence electrons. The Morgan fingerprint density at radius 2 is 1.64 bits per heavy atom. The fraction of sp³-hybridized carbons (Fsp3) is 0.625. The fourth-order valence-electron chi connectivity index (χ4n) is 3.73. The van der Waals surface area contributed by atoms with Crippen LogP contribution in [0.4, 0.5) is 0 Å². The number of fused-ring (bicyclic) bond motifs is 1. The number of ether oxygens (including phenoxy) is 1. The molecule has 0 saturated carbocycles. The number of rotatable bonds is 14. The van der Waals surface area contributed by atoms with Crippen molar-refractivity contribution in [3.05, 3.63) is 36.0 Å². The lowest BCUT2D eigenvalue weighted by atomic mass is 10.0. The van der Waals surface area contributed by atoms with Crippen molar-refractivity contribution < 1.29 is 9.84 Å². The number of benzene rings is 1. The molecular formula is C24H38N2O2. The topological polar surface area (TPSA) is 45.6 Å². The first kappa shape index (κ1) is 22.6. The van der Waals surface area contributed by atoms with E-state index in [1.165, 1.54) is 51.4 Å². The van der Waals surface area contributed by atoms with E-state index in [0.717, 1.165) is 35.3 Å². The predicted molar refractivity (Wildman–Crippen MR) is 118 cm³/mol. The molecule has 0 spiro atoms. The van der Waals surface area contributed by atoms with Crippen molar-refractivity contribution in [1.29, 1.82) is 0 Å². The van der Waals surface area contributed by atoms with Crippen molar-refractivity contribution in [3.8, 4) is 5.75 Å². The smallest absolute Gasteiger partial charge is 0.119 e. The van der Waals surface area contributed by atoms with Crippen molar-refractivity contribution in [2.75, 3.05) is 26.7 Å². The zero-order chi connectivity index (χ0) is 20.2. The van der Waals surface area contributed by atoms with Gasteiger partial charge in [-0.05, 0) is 55.8 Å². The zero-order valence-corrected chi connectivity index (χ0v) is 18.0. The van der Waals surface area contributed by atoms with Crippen molar-refractivity contribution in [3.63, 3.8) is 0 Å². The Kier molecular flexibility index (Phi) is 10.3. The third-order valence-corrected chi connectivity index (χ3v) is 5.43. The summed E-state index contributed by atoms with van der Waals surface area (Å²) in [7, 11) is 1.67. The van der Waals surface area contributed by atoms with Gasteiger partial charge in [-0.2, -0.15) is 0 Å². The quantitative estimate of drug-likeness (QED) is 0.421. The van der Waals surface area contributed by atoms with Crippen molar-refractivity contribution >= 4 is 10.9 Å². The number of hydrogen-bond donors (Lipinski definition) is 1. The highest BCUT2D eigenvalue weighted by Crippen LogP contribution is 2.27. The van der Waals surface area contributed by atoms with Crippen LogP contribution in [0.2, 0.25) is 0 Å². The summed E-state index contributed by atoms with van der Waals surface area (Å²) in [4.78, 5) is 6.89. The van der Waals surface area contributed by atoms with Gasteiger partial charge in [0, 0.05) is 18.1 Å². The minimum atomic E-state index is -0.519. The van der Waals surface area contributed by atoms with E-state index >= 15 is 0 Å². The maximum Gasteiger partial charge on any atom is 0.119 e. The first-order chi connectivity index (χ1) is 13.7. The molecule has 0 saturated heterocycles. The lowest BCUT2D eigenvalue weighted by molar-refractivity contribution is 0.111. The minimum Gasteiger partial charge on any atom is -0.497 e. The first-order valence-electron chi connectivity index (χ1n) is 11.0. The van der Waals surface area contributed by atoms with Gasteiger partial charge in [0.1, 0.15) is 5.75 Å². The highest BCUT2D eigenvalue weighted by Gasteiger charge is 2.16. The average molecular weight is 387 g/mol. The molecule has 1 aromatic carbocycles. The van der Waals surface area contributed by atoms with Crippen LogP contribution in [0, 0.1) is 0 Å². The monoisotopic (exact) mass is 386 g/mol. The molecule has 2 aromatic rings. The van der Waals surface area contributed by atoms with E-state index in [9.17, 15) is 5.11 Å². The Morgan fingerprint density at radius 1 is 0.964 bits per heavy atom. The summed E-state index contributed by atoms with van der Waals surface area (Å²) < 4.78 is 5.37. The molecule has 0 radical (unpaired) electrons. The average Bonchev–Trinajstić information content (AvgIpc) is 2.73. The molecule has 28 heavy (non-hydrogen) atoms. The number of aromatic nitrogens is 1. The van der Waals surface area contributed by atoms with Gasteiger partial charge in [-0.3, -0.25) is 4.98 Å². The van der Waals surface area contributed by atoms with Gasteiger partial charge in [0.25, 0.3) is 0 Å². The number of hydrogen-bond acceptors (Lipinski definition) is 4. The zero-order valence-electron chi connectivity index (χ0n) is 18.0. The Bertz CT molecular complexity index is 677. The van der Waals surface area contributed by atoms with Gasteiger partial charge < -0.3 is 14.7 Å². The molecule has 0 amide bonds. The summed E-state index contributed by atoms with van der Waals surface area (Å²) in [6, 6.07) is 7.80. The van der Waals surface area contributed by atoms with Gasteiger partial charge in [-0.15, -0.1) is 0 Å². The molecule has 0 unspecified atom stereocenters. The van der Waals surface area contributed by atoms with Crippen LogP contribution in [0.25, 0.3) is 10.9 Å². The maximum atomic E-state index is 11.0. The second-order valence-electron chi connectivity index (χ2n) is 7.72. The molecule has 1 heterocycles. The molecular weight excluding hydrogens is 348 g/mol. The van der Waals surface area contributed by atoms with E-state index in [1.54, 1.807) is 13.3 Å². The number of pyridine rings is 1. The van der Waals surface area contributed by atoms with E-state index in [-0.39, 0.29) is 0 Å². The lowest BCUT2D eigenvalue weighted by Crippen LogP contribution is -2.31. The minimum absolute atomic E-state index is 0.519. The molecule has 0 aliphatic rings. The largest absolute Gasteiger partial charge is 0.497 e. The first-order valence-corrected chi connectivity index (χ1v) is 11.0. The number of unbranched alkanes of at least 4 members (excludes halogenated alkanes) is 6. The Balaban J connectivity index is 2.07. The van der Waals surface area contributed by atoms with Crippen LogP contribution in [0.1, 0.15) is 76.9 Å². The third kappa shape index (κ3) is 7.06. The van der Waals surface area contributed by atoms with Crippen LogP contribution in [-0.4, -0.2) is 41.7 Å². The van der Waals surface area contributed by atoms with Crippen LogP contribution in [-0.2, 0) is 0 Å². The highest BCUT2D eigenvalue weighted by atomic mass is 16.5. The summed E-state index contributed by atoms with van der Waals surface area (Å²) in [6.45, 7) is 7.30. The summed E-state index contributed by atoms with van der Waals surface area (Å²) in [5, 5.41) is 12.0.